The minimum atomic E-state index is -0.161. The molecular weight excluding hydrogens is 240 g/mol. The summed E-state index contributed by atoms with van der Waals surface area (Å²) >= 11 is 0. The minimum Gasteiger partial charge on any atom is -0.348 e. The van der Waals surface area contributed by atoms with E-state index in [4.69, 9.17) is 0 Å². The molecule has 19 heavy (non-hydrogen) atoms. The quantitative estimate of drug-likeness (QED) is 0.812. The van der Waals surface area contributed by atoms with Gasteiger partial charge in [0.25, 0.3) is 5.91 Å². The Balaban J connectivity index is 2.13. The summed E-state index contributed by atoms with van der Waals surface area (Å²) in [5.74, 6) is 0.210. The maximum atomic E-state index is 12.3. The Morgan fingerprint density at radius 2 is 1.95 bits per heavy atom. The molecule has 2 N–H and O–H groups in total. The van der Waals surface area contributed by atoms with Gasteiger partial charge in [-0.25, -0.2) is 0 Å². The third kappa shape index (κ3) is 3.20. The van der Waals surface area contributed by atoms with Crippen molar-refractivity contribution in [3.8, 4) is 0 Å². The first-order valence-corrected chi connectivity index (χ1v) is 6.71. The van der Waals surface area contributed by atoms with Crippen molar-refractivity contribution in [1.82, 2.24) is 10.6 Å². The maximum Gasteiger partial charge on any atom is 0.252 e. The standard InChI is InChI=1S/C15H20N2O2/c1-10-7-8-16-9-14(10)17-15(19)13-6-4-3-5-12(13)11(2)18/h3-6,10,14,16H,7-9H2,1-2H3,(H,17,19). The molecular formula is C15H20N2O2. The number of piperidine rings is 1. The predicted octanol–water partition coefficient (Wildman–Crippen LogP) is 1.62. The summed E-state index contributed by atoms with van der Waals surface area (Å²) < 4.78 is 0. The Labute approximate surface area is 113 Å². The van der Waals surface area contributed by atoms with Crippen LogP contribution in [0.25, 0.3) is 0 Å². The van der Waals surface area contributed by atoms with E-state index >= 15 is 0 Å². The fraction of sp³-hybridized carbons (Fsp3) is 0.467. The van der Waals surface area contributed by atoms with E-state index in [-0.39, 0.29) is 17.7 Å². The van der Waals surface area contributed by atoms with Gasteiger partial charge in [0.15, 0.2) is 5.78 Å². The van der Waals surface area contributed by atoms with Crippen LogP contribution in [0.2, 0.25) is 0 Å². The van der Waals surface area contributed by atoms with Crippen LogP contribution in [0.3, 0.4) is 0 Å². The fourth-order valence-electron chi connectivity index (χ4n) is 2.42. The van der Waals surface area contributed by atoms with E-state index in [1.54, 1.807) is 24.3 Å². The molecule has 0 radical (unpaired) electrons. The molecule has 1 fully saturated rings. The SMILES string of the molecule is CC(=O)c1ccccc1C(=O)NC1CNCCC1C. The van der Waals surface area contributed by atoms with Crippen molar-refractivity contribution in [3.05, 3.63) is 35.4 Å². The molecule has 2 atom stereocenters. The number of hydrogen-bond donors (Lipinski definition) is 2. The maximum absolute atomic E-state index is 12.3. The van der Waals surface area contributed by atoms with Crippen molar-refractivity contribution in [2.24, 2.45) is 5.92 Å². The van der Waals surface area contributed by atoms with Crippen molar-refractivity contribution < 1.29 is 9.59 Å². The van der Waals surface area contributed by atoms with Gasteiger partial charge >= 0.3 is 0 Å². The van der Waals surface area contributed by atoms with Crippen LogP contribution >= 0.6 is 0 Å². The lowest BCUT2D eigenvalue weighted by Gasteiger charge is -2.30. The lowest BCUT2D eigenvalue weighted by Crippen LogP contribution is -2.50. The molecule has 1 amide bonds. The number of amides is 1. The summed E-state index contributed by atoms with van der Waals surface area (Å²) in [6, 6.07) is 7.08. The van der Waals surface area contributed by atoms with Gasteiger partial charge in [-0.2, -0.15) is 0 Å². The van der Waals surface area contributed by atoms with Gasteiger partial charge in [0.1, 0.15) is 0 Å². The van der Waals surface area contributed by atoms with Crippen LogP contribution in [0.15, 0.2) is 24.3 Å². The first-order chi connectivity index (χ1) is 9.09. The molecule has 1 aromatic rings. The van der Waals surface area contributed by atoms with Crippen molar-refractivity contribution >= 4 is 11.7 Å². The molecule has 2 rings (SSSR count). The molecule has 1 heterocycles. The summed E-state index contributed by atoms with van der Waals surface area (Å²) in [5.41, 5.74) is 0.948. The summed E-state index contributed by atoms with van der Waals surface area (Å²) in [6.45, 7) is 5.41. The summed E-state index contributed by atoms with van der Waals surface area (Å²) in [4.78, 5) is 23.8. The van der Waals surface area contributed by atoms with Gasteiger partial charge in [-0.15, -0.1) is 0 Å². The van der Waals surface area contributed by atoms with E-state index in [0.717, 1.165) is 19.5 Å². The van der Waals surface area contributed by atoms with Gasteiger partial charge in [0, 0.05) is 18.2 Å². The monoisotopic (exact) mass is 260 g/mol. The number of benzene rings is 1. The molecule has 102 valence electrons. The summed E-state index contributed by atoms with van der Waals surface area (Å²) in [5, 5.41) is 6.30. The molecule has 4 heteroatoms. The van der Waals surface area contributed by atoms with E-state index in [0.29, 0.717) is 17.0 Å². The highest BCUT2D eigenvalue weighted by molar-refractivity contribution is 6.07. The average Bonchev–Trinajstić information content (AvgIpc) is 2.41. The molecule has 0 aliphatic carbocycles. The fourth-order valence-corrected chi connectivity index (χ4v) is 2.42. The van der Waals surface area contributed by atoms with Gasteiger partial charge in [-0.3, -0.25) is 9.59 Å². The lowest BCUT2D eigenvalue weighted by molar-refractivity contribution is 0.0905. The number of nitrogens with one attached hydrogen (secondary N) is 2. The first-order valence-electron chi connectivity index (χ1n) is 6.71. The summed E-state index contributed by atoms with van der Waals surface area (Å²) in [7, 11) is 0. The van der Waals surface area contributed by atoms with E-state index in [1.165, 1.54) is 6.92 Å². The Hall–Kier alpha value is -1.68. The van der Waals surface area contributed by atoms with Crippen molar-refractivity contribution in [2.45, 2.75) is 26.3 Å². The van der Waals surface area contributed by atoms with Crippen LogP contribution in [0.1, 0.15) is 41.0 Å². The van der Waals surface area contributed by atoms with Crippen LogP contribution in [-0.2, 0) is 0 Å². The zero-order valence-corrected chi connectivity index (χ0v) is 11.4. The largest absolute Gasteiger partial charge is 0.348 e. The average molecular weight is 260 g/mol. The molecule has 1 saturated heterocycles. The Morgan fingerprint density at radius 3 is 2.58 bits per heavy atom. The van der Waals surface area contributed by atoms with E-state index in [2.05, 4.69) is 17.6 Å². The third-order valence-corrected chi connectivity index (χ3v) is 3.70. The molecule has 1 aliphatic rings. The third-order valence-electron chi connectivity index (χ3n) is 3.70. The van der Waals surface area contributed by atoms with Gasteiger partial charge in [-0.1, -0.05) is 25.1 Å². The Morgan fingerprint density at radius 1 is 1.26 bits per heavy atom. The second-order valence-corrected chi connectivity index (χ2v) is 5.15. The number of rotatable bonds is 3. The number of ketones is 1. The molecule has 1 aromatic carbocycles. The van der Waals surface area contributed by atoms with Crippen LogP contribution in [-0.4, -0.2) is 30.8 Å². The van der Waals surface area contributed by atoms with Gasteiger partial charge in [0.05, 0.1) is 5.56 Å². The topological polar surface area (TPSA) is 58.2 Å². The molecule has 0 bridgehead atoms. The predicted molar refractivity (Wildman–Crippen MR) is 74.4 cm³/mol. The smallest absolute Gasteiger partial charge is 0.252 e. The zero-order valence-electron chi connectivity index (χ0n) is 11.4. The second-order valence-electron chi connectivity index (χ2n) is 5.15. The molecule has 2 unspecified atom stereocenters. The number of Topliss-reactive ketones (excluding diaryl/α,β-unsaturated/α-hetero) is 1. The Bertz CT molecular complexity index is 485. The zero-order chi connectivity index (χ0) is 13.8. The Kier molecular flexibility index (Phi) is 4.32. The molecule has 0 spiro atoms. The second kappa shape index (κ2) is 5.97. The van der Waals surface area contributed by atoms with Crippen LogP contribution in [0.5, 0.6) is 0 Å². The minimum absolute atomic E-state index is 0.0828. The van der Waals surface area contributed by atoms with Crippen molar-refractivity contribution in [2.75, 3.05) is 13.1 Å². The van der Waals surface area contributed by atoms with E-state index in [9.17, 15) is 9.59 Å². The van der Waals surface area contributed by atoms with Crippen molar-refractivity contribution in [1.29, 1.82) is 0 Å². The van der Waals surface area contributed by atoms with Crippen LogP contribution in [0.4, 0.5) is 0 Å². The highest BCUT2D eigenvalue weighted by Gasteiger charge is 2.24. The first kappa shape index (κ1) is 13.7. The van der Waals surface area contributed by atoms with Gasteiger partial charge in [0.2, 0.25) is 0 Å². The van der Waals surface area contributed by atoms with Crippen LogP contribution in [0, 0.1) is 5.92 Å². The molecule has 1 aliphatic heterocycles. The van der Waals surface area contributed by atoms with Gasteiger partial charge < -0.3 is 10.6 Å². The summed E-state index contributed by atoms with van der Waals surface area (Å²) in [6.07, 6.45) is 1.05. The lowest BCUT2D eigenvalue weighted by atomic mass is 9.94. The van der Waals surface area contributed by atoms with E-state index in [1.807, 2.05) is 0 Å². The molecule has 0 aromatic heterocycles. The number of carbonyl (C=O) groups excluding carboxylic acids is 2. The molecule has 0 saturated carbocycles. The van der Waals surface area contributed by atoms with E-state index < -0.39 is 0 Å². The number of carbonyl (C=O) groups is 2. The molecule has 4 nitrogen and oxygen atoms in total. The van der Waals surface area contributed by atoms with Gasteiger partial charge in [-0.05, 0) is 31.9 Å². The highest BCUT2D eigenvalue weighted by atomic mass is 16.2. The van der Waals surface area contributed by atoms with Crippen molar-refractivity contribution in [3.63, 3.8) is 0 Å². The normalized spacial score (nSPS) is 22.8. The number of hydrogen-bond acceptors (Lipinski definition) is 3. The highest BCUT2D eigenvalue weighted by Crippen LogP contribution is 2.14. The van der Waals surface area contributed by atoms with Crippen LogP contribution < -0.4 is 10.6 Å².